The Morgan fingerprint density at radius 3 is 2.77 bits per heavy atom. The summed E-state index contributed by atoms with van der Waals surface area (Å²) >= 11 is 0. The summed E-state index contributed by atoms with van der Waals surface area (Å²) in [5, 5.41) is 12.8. The summed E-state index contributed by atoms with van der Waals surface area (Å²) in [5.41, 5.74) is 3.35. The van der Waals surface area contributed by atoms with Crippen LogP contribution in [-0.4, -0.2) is 40.5 Å². The summed E-state index contributed by atoms with van der Waals surface area (Å²) in [4.78, 5) is 7.01. The van der Waals surface area contributed by atoms with Crippen LogP contribution < -0.4 is 10.2 Å². The number of benzene rings is 1. The summed E-state index contributed by atoms with van der Waals surface area (Å²) in [5.74, 6) is 0.598. The number of anilines is 2. The maximum atomic E-state index is 13.1. The van der Waals surface area contributed by atoms with Gasteiger partial charge in [-0.05, 0) is 38.0 Å². The molecule has 2 unspecified atom stereocenters. The second kappa shape index (κ2) is 7.43. The smallest absolute Gasteiger partial charge is 0.263 e. The van der Waals surface area contributed by atoms with E-state index in [1.54, 1.807) is 6.07 Å². The number of nitrogens with one attached hydrogen (secondary N) is 1. The molecule has 2 aliphatic rings. The second-order valence-electron chi connectivity index (χ2n) is 8.06. The molecule has 2 aromatic heterocycles. The largest absolute Gasteiger partial charge is 0.374 e. The van der Waals surface area contributed by atoms with Gasteiger partial charge in [-0.25, -0.2) is 8.78 Å². The van der Waals surface area contributed by atoms with Crippen LogP contribution in [-0.2, 0) is 4.74 Å². The van der Waals surface area contributed by atoms with Gasteiger partial charge in [-0.3, -0.25) is 4.98 Å². The molecular weight excluding hydrogens is 388 g/mol. The molecule has 2 saturated heterocycles. The van der Waals surface area contributed by atoms with E-state index in [1.165, 1.54) is 12.1 Å². The third-order valence-electron chi connectivity index (χ3n) is 6.02. The highest BCUT2D eigenvalue weighted by Gasteiger charge is 2.39. The fourth-order valence-electron chi connectivity index (χ4n) is 4.38. The van der Waals surface area contributed by atoms with Crippen LogP contribution in [0.1, 0.15) is 42.6 Å². The van der Waals surface area contributed by atoms with E-state index in [9.17, 15) is 8.78 Å². The number of rotatable bonds is 5. The molecule has 2 bridgehead atoms. The molecule has 0 saturated carbocycles. The van der Waals surface area contributed by atoms with E-state index >= 15 is 0 Å². The Balaban J connectivity index is 1.48. The molecule has 2 fully saturated rings. The van der Waals surface area contributed by atoms with Crippen molar-refractivity contribution in [2.24, 2.45) is 0 Å². The van der Waals surface area contributed by atoms with Crippen LogP contribution in [0.25, 0.3) is 10.9 Å². The van der Waals surface area contributed by atoms with Crippen LogP contribution in [0.4, 0.5) is 20.3 Å². The Hall–Kier alpha value is -2.87. The lowest BCUT2D eigenvalue weighted by atomic mass is 10.0. The summed E-state index contributed by atoms with van der Waals surface area (Å²) in [6, 6.07) is 8.70. The first-order valence-corrected chi connectivity index (χ1v) is 10.2. The minimum atomic E-state index is -2.50. The van der Waals surface area contributed by atoms with Crippen LogP contribution >= 0.6 is 0 Å². The predicted octanol–water partition coefficient (Wildman–Crippen LogP) is 4.42. The molecule has 6 nitrogen and oxygen atoms in total. The van der Waals surface area contributed by atoms with Crippen molar-refractivity contribution in [2.75, 3.05) is 23.4 Å². The van der Waals surface area contributed by atoms with Gasteiger partial charge in [0.2, 0.25) is 0 Å². The number of aryl methyl sites for hydroxylation is 1. The van der Waals surface area contributed by atoms with Crippen LogP contribution in [0.15, 0.2) is 36.5 Å². The summed E-state index contributed by atoms with van der Waals surface area (Å²) in [7, 11) is 0. The molecule has 3 aromatic rings. The molecule has 0 spiro atoms. The highest BCUT2D eigenvalue weighted by atomic mass is 19.3. The molecule has 0 aliphatic carbocycles. The van der Waals surface area contributed by atoms with Gasteiger partial charge in [0.25, 0.3) is 6.43 Å². The molecule has 5 rings (SSSR count). The van der Waals surface area contributed by atoms with Crippen molar-refractivity contribution in [2.45, 2.75) is 44.9 Å². The van der Waals surface area contributed by atoms with Gasteiger partial charge in [0.05, 0.1) is 47.9 Å². The molecular formula is C22H23F2N5O. The Bertz CT molecular complexity index is 1090. The quantitative estimate of drug-likeness (QED) is 0.671. The molecule has 3 atom stereocenters. The molecule has 4 heterocycles. The van der Waals surface area contributed by atoms with Gasteiger partial charge in [0.15, 0.2) is 5.82 Å². The van der Waals surface area contributed by atoms with Crippen LogP contribution in [0.3, 0.4) is 0 Å². The van der Waals surface area contributed by atoms with Crippen molar-refractivity contribution in [3.8, 4) is 0 Å². The fourth-order valence-corrected chi connectivity index (χ4v) is 4.38. The lowest BCUT2D eigenvalue weighted by Crippen LogP contribution is -2.36. The van der Waals surface area contributed by atoms with Gasteiger partial charge < -0.3 is 15.0 Å². The number of pyridine rings is 1. The average molecular weight is 411 g/mol. The van der Waals surface area contributed by atoms with Gasteiger partial charge in [0.1, 0.15) is 0 Å². The Morgan fingerprint density at radius 2 is 2.03 bits per heavy atom. The van der Waals surface area contributed by atoms with Crippen molar-refractivity contribution in [1.29, 1.82) is 0 Å². The molecule has 0 radical (unpaired) electrons. The van der Waals surface area contributed by atoms with Crippen LogP contribution in [0.5, 0.6) is 0 Å². The van der Waals surface area contributed by atoms with E-state index < -0.39 is 6.43 Å². The third-order valence-corrected chi connectivity index (χ3v) is 6.02. The first-order valence-electron chi connectivity index (χ1n) is 10.2. The van der Waals surface area contributed by atoms with Gasteiger partial charge in [-0.2, -0.15) is 5.10 Å². The normalized spacial score (nSPS) is 21.6. The van der Waals surface area contributed by atoms with E-state index in [2.05, 4.69) is 31.5 Å². The highest BCUT2D eigenvalue weighted by Crippen LogP contribution is 2.35. The van der Waals surface area contributed by atoms with Gasteiger partial charge in [0, 0.05) is 17.5 Å². The Labute approximate surface area is 173 Å². The molecule has 2 aliphatic heterocycles. The summed E-state index contributed by atoms with van der Waals surface area (Å²) in [6.07, 6.45) is 0.733. The van der Waals surface area contributed by atoms with Crippen LogP contribution in [0.2, 0.25) is 0 Å². The van der Waals surface area contributed by atoms with Crippen molar-refractivity contribution >= 4 is 22.4 Å². The van der Waals surface area contributed by atoms with Gasteiger partial charge >= 0.3 is 0 Å². The zero-order chi connectivity index (χ0) is 20.8. The fraction of sp³-hybridized carbons (Fsp3) is 0.409. The zero-order valence-electron chi connectivity index (χ0n) is 16.8. The number of fused-ring (bicyclic) bond motifs is 3. The predicted molar refractivity (Wildman–Crippen MR) is 111 cm³/mol. The number of ether oxygens (including phenoxy) is 1. The number of alkyl halides is 2. The van der Waals surface area contributed by atoms with E-state index in [4.69, 9.17) is 4.74 Å². The standard InChI is InChI=1S/C22H23F2N5O/c1-12(14-4-3-5-15(6-14)21(23)24)26-22-19-8-16(9-25-20(19)13(2)27-28-22)29-10-18-7-17(29)11-30-18/h3-6,8-9,12,17-18,21H,7,10-11H2,1-2H3,(H,26,28)/t12-,17?,18?/m1/s1. The average Bonchev–Trinajstić information content (AvgIpc) is 3.39. The summed E-state index contributed by atoms with van der Waals surface area (Å²) in [6.45, 7) is 5.42. The SMILES string of the molecule is Cc1nnc(N[C@H](C)c2cccc(C(F)F)c2)c2cc(N3CC4CC3CO4)cnc12. The first kappa shape index (κ1) is 19.1. The lowest BCUT2D eigenvalue weighted by Gasteiger charge is -2.29. The van der Waals surface area contributed by atoms with Crippen molar-refractivity contribution in [1.82, 2.24) is 15.2 Å². The van der Waals surface area contributed by atoms with Crippen molar-refractivity contribution in [3.63, 3.8) is 0 Å². The van der Waals surface area contributed by atoms with E-state index in [-0.39, 0.29) is 11.6 Å². The minimum absolute atomic E-state index is 0.0104. The highest BCUT2D eigenvalue weighted by molar-refractivity contribution is 5.92. The Morgan fingerprint density at radius 1 is 1.20 bits per heavy atom. The monoisotopic (exact) mass is 411 g/mol. The van der Waals surface area contributed by atoms with E-state index in [1.807, 2.05) is 26.1 Å². The first-order chi connectivity index (χ1) is 14.5. The van der Waals surface area contributed by atoms with Crippen molar-refractivity contribution in [3.05, 3.63) is 53.3 Å². The second-order valence-corrected chi connectivity index (χ2v) is 8.06. The molecule has 1 N–H and O–H groups in total. The molecule has 1 aromatic carbocycles. The topological polar surface area (TPSA) is 63.2 Å². The minimum Gasteiger partial charge on any atom is -0.374 e. The molecule has 0 amide bonds. The van der Waals surface area contributed by atoms with E-state index in [0.717, 1.165) is 47.4 Å². The molecule has 156 valence electrons. The van der Waals surface area contributed by atoms with Gasteiger partial charge in [-0.15, -0.1) is 5.10 Å². The summed E-state index contributed by atoms with van der Waals surface area (Å²) < 4.78 is 31.9. The molecule has 30 heavy (non-hydrogen) atoms. The maximum Gasteiger partial charge on any atom is 0.263 e. The number of morpholine rings is 1. The van der Waals surface area contributed by atoms with Crippen molar-refractivity contribution < 1.29 is 13.5 Å². The number of aromatic nitrogens is 3. The number of hydrogen-bond acceptors (Lipinski definition) is 6. The number of nitrogens with zero attached hydrogens (tertiary/aromatic N) is 4. The number of halogens is 2. The Kier molecular flexibility index (Phi) is 4.73. The van der Waals surface area contributed by atoms with Gasteiger partial charge in [-0.1, -0.05) is 18.2 Å². The third kappa shape index (κ3) is 3.35. The van der Waals surface area contributed by atoms with Crippen LogP contribution in [0, 0.1) is 6.92 Å². The maximum absolute atomic E-state index is 13.1. The van der Waals surface area contributed by atoms with E-state index in [0.29, 0.717) is 18.0 Å². The molecule has 8 heteroatoms. The number of hydrogen-bond donors (Lipinski definition) is 1. The lowest BCUT2D eigenvalue weighted by molar-refractivity contribution is 0.0991. The zero-order valence-corrected chi connectivity index (χ0v) is 16.8.